The zero-order chi connectivity index (χ0) is 14.3. The summed E-state index contributed by atoms with van der Waals surface area (Å²) in [7, 11) is 1.73. The average molecular weight is 332 g/mol. The minimum atomic E-state index is -0.190. The summed E-state index contributed by atoms with van der Waals surface area (Å²) in [5, 5.41) is 3.46. The first-order valence-corrected chi connectivity index (χ1v) is 7.55. The molecule has 0 spiro atoms. The second-order valence-electron chi connectivity index (χ2n) is 4.86. The van der Waals surface area contributed by atoms with E-state index in [4.69, 9.17) is 4.74 Å². The smallest absolute Gasteiger partial charge is 0.124 e. The van der Waals surface area contributed by atoms with Crippen molar-refractivity contribution >= 4 is 15.9 Å². The molecule has 1 N–H and O–H groups in total. The number of nitrogens with one attached hydrogen (secondary N) is 1. The standard InChI is InChI=1S/C15H23BrFNO/c1-4-18-15(6-5-11(2)19-3)9-12-7-13(16)10-14(17)8-12/h7-8,10-11,15,18H,4-6,9H2,1-3H3. The van der Waals surface area contributed by atoms with E-state index < -0.39 is 0 Å². The van der Waals surface area contributed by atoms with Crippen LogP contribution in [0.3, 0.4) is 0 Å². The van der Waals surface area contributed by atoms with Crippen molar-refractivity contribution in [2.45, 2.75) is 45.3 Å². The van der Waals surface area contributed by atoms with E-state index in [1.165, 1.54) is 6.07 Å². The van der Waals surface area contributed by atoms with Crippen LogP contribution in [0.25, 0.3) is 0 Å². The second-order valence-corrected chi connectivity index (χ2v) is 5.78. The molecule has 0 aliphatic carbocycles. The van der Waals surface area contributed by atoms with Crippen molar-refractivity contribution in [1.82, 2.24) is 5.32 Å². The molecule has 2 nitrogen and oxygen atoms in total. The van der Waals surface area contributed by atoms with Crippen molar-refractivity contribution in [3.63, 3.8) is 0 Å². The molecule has 19 heavy (non-hydrogen) atoms. The fourth-order valence-electron chi connectivity index (χ4n) is 2.13. The molecule has 0 radical (unpaired) electrons. The van der Waals surface area contributed by atoms with Gasteiger partial charge in [0.2, 0.25) is 0 Å². The molecule has 0 amide bonds. The molecule has 1 aromatic carbocycles. The summed E-state index contributed by atoms with van der Waals surface area (Å²) < 4.78 is 19.4. The minimum absolute atomic E-state index is 0.190. The summed E-state index contributed by atoms with van der Waals surface area (Å²) in [4.78, 5) is 0. The molecule has 1 aromatic rings. The second kappa shape index (κ2) is 8.67. The lowest BCUT2D eigenvalue weighted by molar-refractivity contribution is 0.106. The highest BCUT2D eigenvalue weighted by atomic mass is 79.9. The number of ether oxygens (including phenoxy) is 1. The van der Waals surface area contributed by atoms with Crippen LogP contribution in [0.4, 0.5) is 4.39 Å². The van der Waals surface area contributed by atoms with Gasteiger partial charge in [0.15, 0.2) is 0 Å². The Bertz CT molecular complexity index is 366. The summed E-state index contributed by atoms with van der Waals surface area (Å²) in [6, 6.07) is 5.43. The van der Waals surface area contributed by atoms with Crippen molar-refractivity contribution in [3.8, 4) is 0 Å². The van der Waals surface area contributed by atoms with Crippen LogP contribution in [-0.2, 0) is 11.2 Å². The molecule has 0 aliphatic heterocycles. The normalized spacial score (nSPS) is 14.4. The van der Waals surface area contributed by atoms with Crippen molar-refractivity contribution < 1.29 is 9.13 Å². The Hall–Kier alpha value is -0.450. The topological polar surface area (TPSA) is 21.3 Å². The van der Waals surface area contributed by atoms with Crippen LogP contribution in [0.1, 0.15) is 32.3 Å². The monoisotopic (exact) mass is 331 g/mol. The predicted octanol–water partition coefficient (Wildman–Crippen LogP) is 3.92. The maximum absolute atomic E-state index is 13.4. The van der Waals surface area contributed by atoms with Gasteiger partial charge in [-0.2, -0.15) is 0 Å². The molecule has 0 bridgehead atoms. The lowest BCUT2D eigenvalue weighted by atomic mass is 10.00. The van der Waals surface area contributed by atoms with Gasteiger partial charge in [0.25, 0.3) is 0 Å². The number of hydrogen-bond donors (Lipinski definition) is 1. The third kappa shape index (κ3) is 6.50. The van der Waals surface area contributed by atoms with Crippen molar-refractivity contribution in [2.75, 3.05) is 13.7 Å². The number of rotatable bonds is 8. The number of benzene rings is 1. The van der Waals surface area contributed by atoms with Gasteiger partial charge in [0.05, 0.1) is 6.10 Å². The van der Waals surface area contributed by atoms with Crippen LogP contribution < -0.4 is 5.32 Å². The first kappa shape index (κ1) is 16.6. The molecule has 2 unspecified atom stereocenters. The van der Waals surface area contributed by atoms with Crippen molar-refractivity contribution in [1.29, 1.82) is 0 Å². The Labute approximate surface area is 123 Å². The maximum Gasteiger partial charge on any atom is 0.124 e. The summed E-state index contributed by atoms with van der Waals surface area (Å²) in [6.45, 7) is 5.08. The van der Waals surface area contributed by atoms with Gasteiger partial charge in [-0.1, -0.05) is 22.9 Å². The van der Waals surface area contributed by atoms with Crippen molar-refractivity contribution in [2.24, 2.45) is 0 Å². The number of likely N-dealkylation sites (N-methyl/N-ethyl adjacent to an activating group) is 1. The van der Waals surface area contributed by atoms with Crippen molar-refractivity contribution in [3.05, 3.63) is 34.1 Å². The number of methoxy groups -OCH3 is 1. The Morgan fingerprint density at radius 1 is 1.32 bits per heavy atom. The Morgan fingerprint density at radius 2 is 2.05 bits per heavy atom. The first-order chi connectivity index (χ1) is 9.05. The van der Waals surface area contributed by atoms with Crippen LogP contribution in [0.15, 0.2) is 22.7 Å². The summed E-state index contributed by atoms with van der Waals surface area (Å²) in [5.74, 6) is -0.190. The third-order valence-electron chi connectivity index (χ3n) is 3.22. The van der Waals surface area contributed by atoms with E-state index in [1.807, 2.05) is 6.07 Å². The zero-order valence-corrected chi connectivity index (χ0v) is 13.5. The largest absolute Gasteiger partial charge is 0.382 e. The molecule has 0 aliphatic rings. The molecule has 2 atom stereocenters. The molecular formula is C15H23BrFNO. The molecule has 0 saturated heterocycles. The van der Waals surface area contributed by atoms with Crippen LogP contribution in [0, 0.1) is 5.82 Å². The molecule has 108 valence electrons. The highest BCUT2D eigenvalue weighted by Crippen LogP contribution is 2.17. The summed E-state index contributed by atoms with van der Waals surface area (Å²) >= 11 is 3.33. The van der Waals surface area contributed by atoms with Crippen LogP contribution in [0.5, 0.6) is 0 Å². The Balaban J connectivity index is 2.61. The van der Waals surface area contributed by atoms with Crippen LogP contribution >= 0.6 is 15.9 Å². The molecule has 0 fully saturated rings. The predicted molar refractivity (Wildman–Crippen MR) is 81.0 cm³/mol. The van der Waals surface area contributed by atoms with Gasteiger partial charge in [0.1, 0.15) is 5.82 Å². The fraction of sp³-hybridized carbons (Fsp3) is 0.600. The number of halogens is 2. The fourth-order valence-corrected chi connectivity index (χ4v) is 2.64. The quantitative estimate of drug-likeness (QED) is 0.779. The molecule has 0 saturated carbocycles. The van der Waals surface area contributed by atoms with E-state index in [0.29, 0.717) is 6.04 Å². The Morgan fingerprint density at radius 3 is 2.63 bits per heavy atom. The van der Waals surface area contributed by atoms with Crippen LogP contribution in [0.2, 0.25) is 0 Å². The van der Waals surface area contributed by atoms with Gasteiger partial charge in [-0.3, -0.25) is 0 Å². The molecular weight excluding hydrogens is 309 g/mol. The molecule has 0 heterocycles. The van der Waals surface area contributed by atoms with E-state index in [9.17, 15) is 4.39 Å². The van der Waals surface area contributed by atoms with Gasteiger partial charge >= 0.3 is 0 Å². The zero-order valence-electron chi connectivity index (χ0n) is 11.9. The lowest BCUT2D eigenvalue weighted by Gasteiger charge is -2.20. The van der Waals surface area contributed by atoms with Gasteiger partial charge < -0.3 is 10.1 Å². The van der Waals surface area contributed by atoms with E-state index in [0.717, 1.165) is 35.8 Å². The summed E-state index contributed by atoms with van der Waals surface area (Å²) in [6.07, 6.45) is 3.13. The van der Waals surface area contributed by atoms with Gasteiger partial charge in [-0.25, -0.2) is 4.39 Å². The minimum Gasteiger partial charge on any atom is -0.382 e. The molecule has 0 aromatic heterocycles. The number of hydrogen-bond acceptors (Lipinski definition) is 2. The first-order valence-electron chi connectivity index (χ1n) is 6.76. The van der Waals surface area contributed by atoms with Gasteiger partial charge in [-0.15, -0.1) is 0 Å². The average Bonchev–Trinajstić information content (AvgIpc) is 2.34. The highest BCUT2D eigenvalue weighted by Gasteiger charge is 2.11. The third-order valence-corrected chi connectivity index (χ3v) is 3.68. The Kier molecular flexibility index (Phi) is 7.57. The molecule has 1 rings (SSSR count). The van der Waals surface area contributed by atoms with E-state index in [2.05, 4.69) is 35.1 Å². The van der Waals surface area contributed by atoms with Crippen LogP contribution in [-0.4, -0.2) is 25.8 Å². The molecule has 4 heteroatoms. The van der Waals surface area contributed by atoms with E-state index >= 15 is 0 Å². The summed E-state index contributed by atoms with van der Waals surface area (Å²) in [5.41, 5.74) is 1.02. The SMILES string of the molecule is CCNC(CCC(C)OC)Cc1cc(F)cc(Br)c1. The maximum atomic E-state index is 13.4. The van der Waals surface area contributed by atoms with Gasteiger partial charge in [-0.05, 0) is 56.5 Å². The highest BCUT2D eigenvalue weighted by molar-refractivity contribution is 9.10. The van der Waals surface area contributed by atoms with E-state index in [1.54, 1.807) is 13.2 Å². The lowest BCUT2D eigenvalue weighted by Crippen LogP contribution is -2.32. The van der Waals surface area contributed by atoms with E-state index in [-0.39, 0.29) is 11.9 Å². The van der Waals surface area contributed by atoms with Gasteiger partial charge in [0, 0.05) is 17.6 Å².